The van der Waals surface area contributed by atoms with E-state index < -0.39 is 23.6 Å². The molecule has 1 N–H and O–H groups in total. The maximum atomic E-state index is 13.6. The van der Waals surface area contributed by atoms with E-state index >= 15 is 0 Å². The summed E-state index contributed by atoms with van der Waals surface area (Å²) in [5.74, 6) is 0.0973. The van der Waals surface area contributed by atoms with Crippen LogP contribution in [0, 0.1) is 0 Å². The van der Waals surface area contributed by atoms with Gasteiger partial charge in [-0.15, -0.1) is 0 Å². The Morgan fingerprint density at radius 1 is 1.23 bits per heavy atom. The van der Waals surface area contributed by atoms with Gasteiger partial charge in [0.15, 0.2) is 17.4 Å². The van der Waals surface area contributed by atoms with Crippen LogP contribution < -0.4 is 19.9 Å². The van der Waals surface area contributed by atoms with Gasteiger partial charge < -0.3 is 24.4 Å². The maximum absolute atomic E-state index is 13.6. The standard InChI is InChI=1S/C27H27F3N6O4/c1-26(2)39-15-20(40-26)14-38-22-11-18(6-8-31-22)33-25(37)36-19-7-9-35(13-19)21-12-32-23(34-24(21)36)16-4-3-5-17(10-16)27(28,29)30/h3-6,8,10-12,19-20H,7,9,13-15H2,1-2H3,(H,31,33,37)/t19?,20-/m1/s1. The van der Waals surface area contributed by atoms with Crippen LogP contribution in [0.2, 0.25) is 0 Å². The van der Waals surface area contributed by atoms with Crippen LogP contribution in [0.1, 0.15) is 25.8 Å². The number of amides is 2. The number of nitrogens with one attached hydrogen (secondary N) is 1. The summed E-state index contributed by atoms with van der Waals surface area (Å²) in [6.07, 6.45) is -0.934. The smallest absolute Gasteiger partial charge is 0.416 e. The second-order valence-corrected chi connectivity index (χ2v) is 10.3. The predicted molar refractivity (Wildman–Crippen MR) is 139 cm³/mol. The molecular weight excluding hydrogens is 529 g/mol. The zero-order valence-corrected chi connectivity index (χ0v) is 21.8. The SMILES string of the molecule is CC1(C)OC[C@@H](COc2cc(NC(=O)N3c4nc(-c5cccc(C(F)(F)F)c5)ncc4N4CCC3C4)ccn2)O1. The van der Waals surface area contributed by atoms with Crippen LogP contribution in [0.15, 0.2) is 48.8 Å². The monoisotopic (exact) mass is 556 g/mol. The first-order valence-electron chi connectivity index (χ1n) is 12.9. The van der Waals surface area contributed by atoms with Gasteiger partial charge in [0.1, 0.15) is 12.7 Å². The van der Waals surface area contributed by atoms with E-state index in [1.807, 2.05) is 13.8 Å². The number of pyridine rings is 1. The highest BCUT2D eigenvalue weighted by Gasteiger charge is 2.41. The van der Waals surface area contributed by atoms with E-state index in [1.54, 1.807) is 23.2 Å². The van der Waals surface area contributed by atoms with Gasteiger partial charge in [-0.05, 0) is 38.5 Å². The lowest BCUT2D eigenvalue weighted by Crippen LogP contribution is -2.48. The lowest BCUT2D eigenvalue weighted by molar-refractivity contribution is -0.141. The lowest BCUT2D eigenvalue weighted by Gasteiger charge is -2.35. The third-order valence-electron chi connectivity index (χ3n) is 6.98. The van der Waals surface area contributed by atoms with Crippen molar-refractivity contribution >= 4 is 23.2 Å². The van der Waals surface area contributed by atoms with E-state index in [0.29, 0.717) is 49.2 Å². The summed E-state index contributed by atoms with van der Waals surface area (Å²) in [5, 5.41) is 2.89. The van der Waals surface area contributed by atoms with Gasteiger partial charge >= 0.3 is 12.2 Å². The Morgan fingerprint density at radius 3 is 2.85 bits per heavy atom. The van der Waals surface area contributed by atoms with Gasteiger partial charge in [0, 0.05) is 36.6 Å². The molecule has 2 atom stereocenters. The molecular formula is C27H27F3N6O4. The fourth-order valence-corrected chi connectivity index (χ4v) is 5.12. The van der Waals surface area contributed by atoms with E-state index in [1.165, 1.54) is 18.3 Å². The van der Waals surface area contributed by atoms with Crippen LogP contribution in [0.3, 0.4) is 0 Å². The van der Waals surface area contributed by atoms with Gasteiger partial charge in [0.25, 0.3) is 0 Å². The number of carbonyl (C=O) groups excluding carboxylic acids is 1. The molecule has 2 aromatic heterocycles. The van der Waals surface area contributed by atoms with Crippen LogP contribution in [0.5, 0.6) is 5.88 Å². The lowest BCUT2D eigenvalue weighted by atomic mass is 10.1. The third kappa shape index (κ3) is 5.26. The normalized spacial score (nSPS) is 21.3. The highest BCUT2D eigenvalue weighted by atomic mass is 19.4. The number of hydrogen-bond acceptors (Lipinski definition) is 8. The first kappa shape index (κ1) is 26.3. The quantitative estimate of drug-likeness (QED) is 0.482. The van der Waals surface area contributed by atoms with E-state index in [4.69, 9.17) is 14.2 Å². The topological polar surface area (TPSA) is 102 Å². The molecule has 0 radical (unpaired) electrons. The van der Waals surface area contributed by atoms with E-state index in [2.05, 4.69) is 25.2 Å². The Hall–Kier alpha value is -3.97. The molecule has 0 aliphatic carbocycles. The molecule has 3 aromatic rings. The van der Waals surface area contributed by atoms with Crippen LogP contribution >= 0.6 is 0 Å². The van der Waals surface area contributed by atoms with Crippen molar-refractivity contribution in [1.29, 1.82) is 0 Å². The first-order chi connectivity index (χ1) is 19.1. The summed E-state index contributed by atoms with van der Waals surface area (Å²) < 4.78 is 56.9. The third-order valence-corrected chi connectivity index (χ3v) is 6.98. The summed E-state index contributed by atoms with van der Waals surface area (Å²) in [5.41, 5.74) is 0.533. The zero-order valence-electron chi connectivity index (χ0n) is 21.8. The molecule has 2 fully saturated rings. The Morgan fingerprint density at radius 2 is 2.08 bits per heavy atom. The molecule has 2 saturated heterocycles. The van der Waals surface area contributed by atoms with Crippen molar-refractivity contribution in [2.24, 2.45) is 0 Å². The van der Waals surface area contributed by atoms with Gasteiger partial charge in [-0.3, -0.25) is 4.90 Å². The molecule has 6 rings (SSSR count). The Kier molecular flexibility index (Phi) is 6.50. The number of anilines is 3. The van der Waals surface area contributed by atoms with Gasteiger partial charge in [-0.2, -0.15) is 13.2 Å². The van der Waals surface area contributed by atoms with Crippen LogP contribution in [0.4, 0.5) is 35.2 Å². The number of alkyl halides is 3. The predicted octanol–water partition coefficient (Wildman–Crippen LogP) is 4.72. The Balaban J connectivity index is 1.22. The maximum Gasteiger partial charge on any atom is 0.416 e. The average molecular weight is 557 g/mol. The minimum absolute atomic E-state index is 0.103. The molecule has 40 heavy (non-hydrogen) atoms. The number of ether oxygens (including phenoxy) is 3. The van der Waals surface area contributed by atoms with E-state index in [0.717, 1.165) is 12.1 Å². The highest BCUT2D eigenvalue weighted by Crippen LogP contribution is 2.40. The Labute approximate surface area is 228 Å². The molecule has 1 aromatic carbocycles. The van der Waals surface area contributed by atoms with Crippen molar-refractivity contribution in [2.45, 2.75) is 44.4 Å². The minimum atomic E-state index is -4.50. The summed E-state index contributed by atoms with van der Waals surface area (Å²) in [6.45, 7) is 5.62. The second-order valence-electron chi connectivity index (χ2n) is 10.3. The number of halogens is 3. The molecule has 0 saturated carbocycles. The van der Waals surface area contributed by atoms with Gasteiger partial charge in [0.2, 0.25) is 5.88 Å². The van der Waals surface area contributed by atoms with Crippen molar-refractivity contribution in [3.8, 4) is 17.3 Å². The van der Waals surface area contributed by atoms with Gasteiger partial charge in [0.05, 0.1) is 30.1 Å². The molecule has 5 heterocycles. The average Bonchev–Trinajstić information content (AvgIpc) is 3.50. The fourth-order valence-electron chi connectivity index (χ4n) is 5.12. The molecule has 3 aliphatic heterocycles. The van der Waals surface area contributed by atoms with Crippen LogP contribution in [-0.2, 0) is 15.7 Å². The molecule has 10 nitrogen and oxygen atoms in total. The zero-order chi connectivity index (χ0) is 28.1. The number of carbonyl (C=O) groups is 1. The summed E-state index contributed by atoms with van der Waals surface area (Å²) in [7, 11) is 0. The molecule has 210 valence electrons. The Bertz CT molecular complexity index is 1440. The molecule has 1 unspecified atom stereocenters. The number of hydrogen-bond donors (Lipinski definition) is 1. The van der Waals surface area contributed by atoms with E-state index in [9.17, 15) is 18.0 Å². The van der Waals surface area contributed by atoms with Crippen molar-refractivity contribution < 1.29 is 32.2 Å². The molecule has 2 bridgehead atoms. The minimum Gasteiger partial charge on any atom is -0.475 e. The number of aromatic nitrogens is 3. The van der Waals surface area contributed by atoms with Crippen molar-refractivity contribution in [3.05, 3.63) is 54.4 Å². The summed E-state index contributed by atoms with van der Waals surface area (Å²) in [6, 6.07) is 7.50. The number of rotatable bonds is 5. The summed E-state index contributed by atoms with van der Waals surface area (Å²) >= 11 is 0. The number of benzene rings is 1. The number of fused-ring (bicyclic) bond motifs is 4. The molecule has 2 amide bonds. The molecule has 0 spiro atoms. The molecule has 13 heteroatoms. The molecule has 3 aliphatic rings. The number of nitrogens with zero attached hydrogens (tertiary/aromatic N) is 5. The van der Waals surface area contributed by atoms with Crippen molar-refractivity contribution in [2.75, 3.05) is 41.4 Å². The van der Waals surface area contributed by atoms with Gasteiger partial charge in [-0.25, -0.2) is 19.7 Å². The second kappa shape index (κ2) is 9.89. The largest absolute Gasteiger partial charge is 0.475 e. The van der Waals surface area contributed by atoms with Crippen molar-refractivity contribution in [3.63, 3.8) is 0 Å². The van der Waals surface area contributed by atoms with Crippen LogP contribution in [-0.4, -0.2) is 65.2 Å². The highest BCUT2D eigenvalue weighted by molar-refractivity contribution is 6.04. The van der Waals surface area contributed by atoms with Gasteiger partial charge in [-0.1, -0.05) is 12.1 Å². The number of urea groups is 1. The van der Waals surface area contributed by atoms with Crippen molar-refractivity contribution in [1.82, 2.24) is 15.0 Å². The fraction of sp³-hybridized carbons (Fsp3) is 0.407. The van der Waals surface area contributed by atoms with E-state index in [-0.39, 0.29) is 30.1 Å². The van der Waals surface area contributed by atoms with Crippen LogP contribution in [0.25, 0.3) is 11.4 Å². The summed E-state index contributed by atoms with van der Waals surface area (Å²) in [4.78, 5) is 30.3. The first-order valence-corrected chi connectivity index (χ1v) is 12.9.